The Morgan fingerprint density at radius 1 is 1.36 bits per heavy atom. The van der Waals surface area contributed by atoms with E-state index in [1.165, 1.54) is 12.8 Å². The number of carbonyl (C=O) groups is 1. The largest absolute Gasteiger partial charge is 0.367 e. The summed E-state index contributed by atoms with van der Waals surface area (Å²) in [5, 5.41) is 10.5. The topological polar surface area (TPSA) is 83.1 Å². The lowest BCUT2D eigenvalue weighted by Gasteiger charge is -2.32. The van der Waals surface area contributed by atoms with Crippen LogP contribution in [0.15, 0.2) is 0 Å². The fourth-order valence-electron chi connectivity index (χ4n) is 3.69. The second-order valence-electron chi connectivity index (χ2n) is 7.51. The Bertz CT molecular complexity index is 553. The van der Waals surface area contributed by atoms with Gasteiger partial charge >= 0.3 is 0 Å². The van der Waals surface area contributed by atoms with Crippen LogP contribution in [0.1, 0.15) is 63.7 Å². The third-order valence-corrected chi connectivity index (χ3v) is 5.22. The lowest BCUT2D eigenvalue weighted by molar-refractivity contribution is -0.125. The third kappa shape index (κ3) is 5.25. The summed E-state index contributed by atoms with van der Waals surface area (Å²) in [6.45, 7) is 6.89. The van der Waals surface area contributed by atoms with E-state index in [2.05, 4.69) is 39.2 Å². The zero-order valence-corrected chi connectivity index (χ0v) is 15.5. The van der Waals surface area contributed by atoms with Gasteiger partial charge in [-0.25, -0.2) is 4.98 Å². The van der Waals surface area contributed by atoms with E-state index in [0.29, 0.717) is 31.6 Å². The summed E-state index contributed by atoms with van der Waals surface area (Å²) in [6, 6.07) is 0.352. The number of nitrogens with one attached hydrogen (secondary N) is 2. The number of hydrogen-bond donors (Lipinski definition) is 2. The number of amides is 1. The molecule has 0 unspecified atom stereocenters. The van der Waals surface area contributed by atoms with Crippen molar-refractivity contribution in [2.75, 3.05) is 26.2 Å². The van der Waals surface area contributed by atoms with Crippen molar-refractivity contribution in [3.8, 4) is 0 Å². The van der Waals surface area contributed by atoms with E-state index in [4.69, 9.17) is 4.74 Å². The predicted molar refractivity (Wildman–Crippen MR) is 95.1 cm³/mol. The van der Waals surface area contributed by atoms with Crippen LogP contribution in [0.2, 0.25) is 0 Å². The molecule has 1 aromatic rings. The van der Waals surface area contributed by atoms with E-state index in [-0.39, 0.29) is 12.0 Å². The number of rotatable bonds is 6. The minimum absolute atomic E-state index is 0.127. The van der Waals surface area contributed by atoms with Gasteiger partial charge in [0.2, 0.25) is 5.91 Å². The summed E-state index contributed by atoms with van der Waals surface area (Å²) in [6.07, 6.45) is 6.42. The molecule has 1 saturated heterocycles. The van der Waals surface area contributed by atoms with E-state index >= 15 is 0 Å². The molecule has 2 heterocycles. The molecule has 25 heavy (non-hydrogen) atoms. The Balaban J connectivity index is 1.46. The van der Waals surface area contributed by atoms with Gasteiger partial charge in [-0.1, -0.05) is 13.8 Å². The standard InChI is InChI=1S/C18H31N5O2/c1-3-4-16-20-18(22-21-16)15-11-23(9-10-25-15)12-17(24)19-14-7-5-13(2)6-8-14/h13-15H,3-12H2,1-2H3,(H,19,24)(H,20,21,22)/t13?,14?,15-/m0/s1. The molecule has 1 atom stereocenters. The molecule has 0 aromatic carbocycles. The maximum atomic E-state index is 12.4. The van der Waals surface area contributed by atoms with Crippen LogP contribution in [0.5, 0.6) is 0 Å². The van der Waals surface area contributed by atoms with Gasteiger partial charge in [0.25, 0.3) is 0 Å². The lowest BCUT2D eigenvalue weighted by atomic mass is 9.87. The zero-order chi connectivity index (χ0) is 17.6. The Morgan fingerprint density at radius 3 is 2.92 bits per heavy atom. The molecule has 1 aromatic heterocycles. The van der Waals surface area contributed by atoms with Gasteiger partial charge in [-0.05, 0) is 38.0 Å². The van der Waals surface area contributed by atoms with Gasteiger partial charge in [0.15, 0.2) is 5.82 Å². The molecule has 2 aliphatic rings. The van der Waals surface area contributed by atoms with Crippen molar-refractivity contribution in [3.05, 3.63) is 11.6 Å². The zero-order valence-electron chi connectivity index (χ0n) is 15.5. The molecular weight excluding hydrogens is 318 g/mol. The van der Waals surface area contributed by atoms with Crippen LogP contribution >= 0.6 is 0 Å². The fourth-order valence-corrected chi connectivity index (χ4v) is 3.69. The van der Waals surface area contributed by atoms with Crippen molar-refractivity contribution in [1.29, 1.82) is 0 Å². The number of aryl methyl sites for hydroxylation is 1. The summed E-state index contributed by atoms with van der Waals surface area (Å²) in [4.78, 5) is 19.0. The molecule has 1 aliphatic heterocycles. The van der Waals surface area contributed by atoms with Gasteiger partial charge in [0.1, 0.15) is 11.9 Å². The van der Waals surface area contributed by atoms with Crippen LogP contribution in [0.4, 0.5) is 0 Å². The van der Waals surface area contributed by atoms with Crippen LogP contribution in [0.25, 0.3) is 0 Å². The number of H-pyrrole nitrogens is 1. The molecule has 2 fully saturated rings. The van der Waals surface area contributed by atoms with Crippen LogP contribution in [0.3, 0.4) is 0 Å². The SMILES string of the molecule is CCCc1nc([C@@H]2CN(CC(=O)NC3CCC(C)CC3)CCO2)n[nH]1. The molecule has 2 N–H and O–H groups in total. The molecule has 1 saturated carbocycles. The van der Waals surface area contributed by atoms with Gasteiger partial charge in [0.05, 0.1) is 13.2 Å². The number of nitrogens with zero attached hydrogens (tertiary/aromatic N) is 3. The molecular formula is C18H31N5O2. The minimum atomic E-state index is -0.154. The number of morpholine rings is 1. The van der Waals surface area contributed by atoms with E-state index in [1.54, 1.807) is 0 Å². The van der Waals surface area contributed by atoms with Gasteiger partial charge in [-0.3, -0.25) is 14.8 Å². The molecule has 3 rings (SSSR count). The number of ether oxygens (including phenoxy) is 1. The predicted octanol–water partition coefficient (Wildman–Crippen LogP) is 1.83. The second-order valence-corrected chi connectivity index (χ2v) is 7.51. The first-order valence-corrected chi connectivity index (χ1v) is 9.68. The average molecular weight is 349 g/mol. The quantitative estimate of drug-likeness (QED) is 0.819. The summed E-state index contributed by atoms with van der Waals surface area (Å²) >= 11 is 0. The highest BCUT2D eigenvalue weighted by Gasteiger charge is 2.27. The third-order valence-electron chi connectivity index (χ3n) is 5.22. The minimum Gasteiger partial charge on any atom is -0.367 e. The summed E-state index contributed by atoms with van der Waals surface area (Å²) < 4.78 is 5.81. The maximum absolute atomic E-state index is 12.4. The highest BCUT2D eigenvalue weighted by Crippen LogP contribution is 2.23. The summed E-state index contributed by atoms with van der Waals surface area (Å²) in [5.74, 6) is 2.53. The molecule has 140 valence electrons. The van der Waals surface area contributed by atoms with Crippen molar-refractivity contribution < 1.29 is 9.53 Å². The van der Waals surface area contributed by atoms with Crippen molar-refractivity contribution in [3.63, 3.8) is 0 Å². The van der Waals surface area contributed by atoms with Crippen LogP contribution in [-0.4, -0.2) is 58.3 Å². The van der Waals surface area contributed by atoms with E-state index in [0.717, 1.165) is 44.0 Å². The lowest BCUT2D eigenvalue weighted by Crippen LogP contribution is -2.47. The van der Waals surface area contributed by atoms with Crippen molar-refractivity contribution in [2.45, 2.75) is 64.5 Å². The number of hydrogen-bond acceptors (Lipinski definition) is 5. The Morgan fingerprint density at radius 2 is 2.16 bits per heavy atom. The first-order valence-electron chi connectivity index (χ1n) is 9.68. The van der Waals surface area contributed by atoms with Gasteiger partial charge < -0.3 is 10.1 Å². The average Bonchev–Trinajstić information content (AvgIpc) is 3.06. The first-order chi connectivity index (χ1) is 12.1. The van der Waals surface area contributed by atoms with E-state index in [1.807, 2.05) is 0 Å². The smallest absolute Gasteiger partial charge is 0.234 e. The van der Waals surface area contributed by atoms with Crippen LogP contribution in [0, 0.1) is 5.92 Å². The fraction of sp³-hybridized carbons (Fsp3) is 0.833. The Kier molecular flexibility index (Phi) is 6.42. The van der Waals surface area contributed by atoms with Gasteiger partial charge in [-0.15, -0.1) is 0 Å². The monoisotopic (exact) mass is 349 g/mol. The molecule has 0 radical (unpaired) electrons. The Hall–Kier alpha value is -1.47. The summed E-state index contributed by atoms with van der Waals surface area (Å²) in [7, 11) is 0. The molecule has 7 nitrogen and oxygen atoms in total. The van der Waals surface area contributed by atoms with E-state index < -0.39 is 0 Å². The molecule has 0 spiro atoms. The van der Waals surface area contributed by atoms with Gasteiger partial charge in [0, 0.05) is 25.6 Å². The second kappa shape index (κ2) is 8.76. The van der Waals surface area contributed by atoms with Gasteiger partial charge in [-0.2, -0.15) is 5.10 Å². The first kappa shape index (κ1) is 18.3. The highest BCUT2D eigenvalue weighted by molar-refractivity contribution is 5.78. The molecule has 0 bridgehead atoms. The molecule has 1 amide bonds. The molecule has 1 aliphatic carbocycles. The maximum Gasteiger partial charge on any atom is 0.234 e. The van der Waals surface area contributed by atoms with E-state index in [9.17, 15) is 4.79 Å². The van der Waals surface area contributed by atoms with Crippen molar-refractivity contribution >= 4 is 5.91 Å². The Labute approximate surface area is 149 Å². The number of aromatic amines is 1. The molecule has 7 heteroatoms. The van der Waals surface area contributed by atoms with Crippen molar-refractivity contribution in [2.24, 2.45) is 5.92 Å². The highest BCUT2D eigenvalue weighted by atomic mass is 16.5. The van der Waals surface area contributed by atoms with Crippen LogP contribution < -0.4 is 5.32 Å². The normalized spacial score (nSPS) is 28.0. The van der Waals surface area contributed by atoms with Crippen molar-refractivity contribution in [1.82, 2.24) is 25.4 Å². The number of aromatic nitrogens is 3. The summed E-state index contributed by atoms with van der Waals surface area (Å²) in [5.41, 5.74) is 0. The van der Waals surface area contributed by atoms with Crippen LogP contribution in [-0.2, 0) is 16.0 Å². The number of carbonyl (C=O) groups excluding carboxylic acids is 1.